The first-order chi connectivity index (χ1) is 7.66. The molecular weight excluding hydrogens is 226 g/mol. The van der Waals surface area contributed by atoms with Crippen LogP contribution in [-0.2, 0) is 4.79 Å². The Morgan fingerprint density at radius 2 is 2.25 bits per heavy atom. The van der Waals surface area contributed by atoms with Gasteiger partial charge >= 0.3 is 5.97 Å². The molecule has 1 amide bonds. The van der Waals surface area contributed by atoms with Crippen LogP contribution in [0.3, 0.4) is 0 Å². The first-order valence-electron chi connectivity index (χ1n) is 4.92. The van der Waals surface area contributed by atoms with E-state index >= 15 is 0 Å². The predicted octanol–water partition coefficient (Wildman–Crippen LogP) is 1.51. The van der Waals surface area contributed by atoms with E-state index in [4.69, 9.17) is 5.11 Å². The van der Waals surface area contributed by atoms with E-state index in [0.29, 0.717) is 11.3 Å². The van der Waals surface area contributed by atoms with Crippen molar-refractivity contribution in [2.24, 2.45) is 5.92 Å². The van der Waals surface area contributed by atoms with Gasteiger partial charge in [0.2, 0.25) is 0 Å². The number of carboxylic acid groups (broad SMARTS) is 1. The Morgan fingerprint density at radius 1 is 1.44 bits per heavy atom. The van der Waals surface area contributed by atoms with Crippen LogP contribution in [0.15, 0.2) is 29.7 Å². The molecule has 84 valence electrons. The maximum atomic E-state index is 11.7. The molecule has 2 N–H and O–H groups in total. The van der Waals surface area contributed by atoms with Gasteiger partial charge in [0.1, 0.15) is 0 Å². The first kappa shape index (κ1) is 10.9. The number of nitrogens with one attached hydrogen (secondary N) is 1. The standard InChI is InChI=1S/C11H11NO3S/c13-10(9-2-1-5-16-9)12-8-4-3-7(6-8)11(14)15/h1-5,7-8H,6H2,(H,12,13)(H,14,15). The summed E-state index contributed by atoms with van der Waals surface area (Å²) in [6, 6.07) is 3.38. The van der Waals surface area contributed by atoms with E-state index in [-0.39, 0.29) is 11.9 Å². The topological polar surface area (TPSA) is 66.4 Å². The van der Waals surface area contributed by atoms with Crippen LogP contribution in [-0.4, -0.2) is 23.0 Å². The molecule has 0 radical (unpaired) electrons. The first-order valence-corrected chi connectivity index (χ1v) is 5.80. The van der Waals surface area contributed by atoms with Crippen molar-refractivity contribution in [3.63, 3.8) is 0 Å². The van der Waals surface area contributed by atoms with Crippen LogP contribution in [0, 0.1) is 5.92 Å². The van der Waals surface area contributed by atoms with Crippen molar-refractivity contribution < 1.29 is 14.7 Å². The van der Waals surface area contributed by atoms with E-state index in [0.717, 1.165) is 0 Å². The molecule has 1 aromatic heterocycles. The Kier molecular flexibility index (Phi) is 3.05. The minimum absolute atomic E-state index is 0.143. The highest BCUT2D eigenvalue weighted by Crippen LogP contribution is 2.18. The minimum Gasteiger partial charge on any atom is -0.481 e. The fourth-order valence-corrected chi connectivity index (χ4v) is 2.26. The zero-order valence-electron chi connectivity index (χ0n) is 8.42. The average Bonchev–Trinajstić information content (AvgIpc) is 2.87. The lowest BCUT2D eigenvalue weighted by atomic mass is 10.1. The zero-order chi connectivity index (χ0) is 11.5. The highest BCUT2D eigenvalue weighted by molar-refractivity contribution is 7.12. The molecule has 0 fully saturated rings. The molecule has 0 spiro atoms. The molecule has 2 atom stereocenters. The van der Waals surface area contributed by atoms with Gasteiger partial charge in [-0.25, -0.2) is 0 Å². The Hall–Kier alpha value is -1.62. The lowest BCUT2D eigenvalue weighted by Crippen LogP contribution is -2.32. The third kappa shape index (κ3) is 2.30. The van der Waals surface area contributed by atoms with Crippen molar-refractivity contribution in [3.8, 4) is 0 Å². The largest absolute Gasteiger partial charge is 0.481 e. The summed E-state index contributed by atoms with van der Waals surface area (Å²) in [7, 11) is 0. The van der Waals surface area contributed by atoms with Gasteiger partial charge in [0.15, 0.2) is 0 Å². The van der Waals surface area contributed by atoms with Gasteiger partial charge in [0, 0.05) is 6.04 Å². The van der Waals surface area contributed by atoms with Crippen molar-refractivity contribution in [3.05, 3.63) is 34.5 Å². The molecule has 0 saturated carbocycles. The zero-order valence-corrected chi connectivity index (χ0v) is 9.24. The van der Waals surface area contributed by atoms with Gasteiger partial charge < -0.3 is 10.4 Å². The molecule has 5 heteroatoms. The summed E-state index contributed by atoms with van der Waals surface area (Å²) < 4.78 is 0. The van der Waals surface area contributed by atoms with Crippen LogP contribution in [0.4, 0.5) is 0 Å². The third-order valence-corrected chi connectivity index (χ3v) is 3.33. The molecule has 16 heavy (non-hydrogen) atoms. The lowest BCUT2D eigenvalue weighted by molar-refractivity contribution is -0.140. The molecule has 4 nitrogen and oxygen atoms in total. The Bertz CT molecular complexity index is 424. The van der Waals surface area contributed by atoms with Crippen molar-refractivity contribution in [1.82, 2.24) is 5.32 Å². The van der Waals surface area contributed by atoms with E-state index in [1.165, 1.54) is 11.3 Å². The normalized spacial score (nSPS) is 23.2. The SMILES string of the molecule is O=C(NC1C=CC(C(=O)O)C1)c1cccs1. The molecular formula is C11H11NO3S. The molecule has 1 heterocycles. The van der Waals surface area contributed by atoms with Crippen molar-refractivity contribution in [1.29, 1.82) is 0 Å². The van der Waals surface area contributed by atoms with Gasteiger partial charge in [-0.2, -0.15) is 0 Å². The number of hydrogen-bond acceptors (Lipinski definition) is 3. The lowest BCUT2D eigenvalue weighted by Gasteiger charge is -2.10. The van der Waals surface area contributed by atoms with Gasteiger partial charge in [0.05, 0.1) is 10.8 Å². The second-order valence-corrected chi connectivity index (χ2v) is 4.57. The van der Waals surface area contributed by atoms with Crippen LogP contribution < -0.4 is 5.32 Å². The smallest absolute Gasteiger partial charge is 0.310 e. The van der Waals surface area contributed by atoms with E-state index in [1.807, 2.05) is 11.4 Å². The summed E-state index contributed by atoms with van der Waals surface area (Å²) in [5.41, 5.74) is 0. The van der Waals surface area contributed by atoms with Crippen LogP contribution in [0.5, 0.6) is 0 Å². The highest BCUT2D eigenvalue weighted by atomic mass is 32.1. The monoisotopic (exact) mass is 237 g/mol. The van der Waals surface area contributed by atoms with E-state index in [1.54, 1.807) is 18.2 Å². The molecule has 0 aromatic carbocycles. The van der Waals surface area contributed by atoms with E-state index in [2.05, 4.69) is 5.32 Å². The van der Waals surface area contributed by atoms with Crippen molar-refractivity contribution >= 4 is 23.2 Å². The molecule has 2 unspecified atom stereocenters. The summed E-state index contributed by atoms with van der Waals surface area (Å²) in [5, 5.41) is 13.4. The number of aliphatic carboxylic acids is 1. The second-order valence-electron chi connectivity index (χ2n) is 3.62. The molecule has 0 saturated heterocycles. The summed E-state index contributed by atoms with van der Waals surface area (Å²) in [5.74, 6) is -1.46. The van der Waals surface area contributed by atoms with E-state index in [9.17, 15) is 9.59 Å². The maximum absolute atomic E-state index is 11.7. The molecule has 1 aliphatic rings. The Balaban J connectivity index is 1.91. The Morgan fingerprint density at radius 3 is 2.81 bits per heavy atom. The number of hydrogen-bond donors (Lipinski definition) is 2. The minimum atomic E-state index is -0.843. The van der Waals surface area contributed by atoms with Gasteiger partial charge in [-0.1, -0.05) is 18.2 Å². The molecule has 0 aliphatic heterocycles. The summed E-state index contributed by atoms with van der Waals surface area (Å²) in [6.07, 6.45) is 3.80. The summed E-state index contributed by atoms with van der Waals surface area (Å²) in [4.78, 5) is 23.0. The summed E-state index contributed by atoms with van der Waals surface area (Å²) in [6.45, 7) is 0. The second kappa shape index (κ2) is 4.49. The predicted molar refractivity (Wildman–Crippen MR) is 60.5 cm³/mol. The fraction of sp³-hybridized carbons (Fsp3) is 0.273. The highest BCUT2D eigenvalue weighted by Gasteiger charge is 2.25. The third-order valence-electron chi connectivity index (χ3n) is 2.46. The maximum Gasteiger partial charge on any atom is 0.310 e. The number of amides is 1. The Labute approximate surface area is 96.6 Å². The quantitative estimate of drug-likeness (QED) is 0.783. The van der Waals surface area contributed by atoms with Gasteiger partial charge in [-0.3, -0.25) is 9.59 Å². The molecule has 1 aliphatic carbocycles. The van der Waals surface area contributed by atoms with Crippen LogP contribution in [0.1, 0.15) is 16.1 Å². The van der Waals surface area contributed by atoms with Gasteiger partial charge in [-0.05, 0) is 17.9 Å². The number of carbonyl (C=O) groups excluding carboxylic acids is 1. The van der Waals surface area contributed by atoms with Gasteiger partial charge in [0.25, 0.3) is 5.91 Å². The average molecular weight is 237 g/mol. The molecule has 2 rings (SSSR count). The van der Waals surface area contributed by atoms with Crippen LogP contribution in [0.2, 0.25) is 0 Å². The van der Waals surface area contributed by atoms with Gasteiger partial charge in [-0.15, -0.1) is 11.3 Å². The van der Waals surface area contributed by atoms with Crippen molar-refractivity contribution in [2.75, 3.05) is 0 Å². The summed E-state index contributed by atoms with van der Waals surface area (Å²) >= 11 is 1.37. The number of carbonyl (C=O) groups is 2. The number of thiophene rings is 1. The molecule has 0 bridgehead atoms. The number of carboxylic acids is 1. The number of rotatable bonds is 3. The fourth-order valence-electron chi connectivity index (χ4n) is 1.64. The van der Waals surface area contributed by atoms with Crippen LogP contribution in [0.25, 0.3) is 0 Å². The molecule has 1 aromatic rings. The van der Waals surface area contributed by atoms with Crippen LogP contribution >= 0.6 is 11.3 Å². The van der Waals surface area contributed by atoms with Crippen molar-refractivity contribution in [2.45, 2.75) is 12.5 Å². The van der Waals surface area contributed by atoms with E-state index < -0.39 is 11.9 Å².